The number of rotatable bonds is 6. The Morgan fingerprint density at radius 1 is 1.27 bits per heavy atom. The van der Waals surface area contributed by atoms with Crippen LogP contribution in [-0.4, -0.2) is 59.8 Å². The van der Waals surface area contributed by atoms with E-state index >= 15 is 0 Å². The van der Waals surface area contributed by atoms with Crippen molar-refractivity contribution in [3.8, 4) is 5.69 Å². The van der Waals surface area contributed by atoms with Crippen LogP contribution in [-0.2, 0) is 4.74 Å². The van der Waals surface area contributed by atoms with Crippen LogP contribution in [0.25, 0.3) is 5.69 Å². The zero-order chi connectivity index (χ0) is 18.5. The maximum Gasteiger partial charge on any atom is 0.280 e. The second-order valence-electron chi connectivity index (χ2n) is 6.50. The number of hydrogen-bond acceptors (Lipinski definition) is 4. The van der Waals surface area contributed by atoms with Crippen LogP contribution in [0.5, 0.6) is 0 Å². The molecule has 0 amide bonds. The van der Waals surface area contributed by atoms with E-state index in [4.69, 9.17) is 4.74 Å². The second kappa shape index (κ2) is 8.42. The third kappa shape index (κ3) is 4.28. The number of halogens is 1. The van der Waals surface area contributed by atoms with E-state index in [1.54, 1.807) is 12.1 Å². The van der Waals surface area contributed by atoms with Gasteiger partial charge in [-0.05, 0) is 44.5 Å². The maximum absolute atomic E-state index is 13.1. The van der Waals surface area contributed by atoms with Gasteiger partial charge in [0.05, 0.1) is 24.5 Å². The number of aryl methyl sites for hydroxylation is 1. The number of H-pyrrole nitrogens is 1. The third-order valence-corrected chi connectivity index (χ3v) is 4.60. The van der Waals surface area contributed by atoms with E-state index in [-0.39, 0.29) is 11.4 Å². The highest BCUT2D eigenvalue weighted by Gasteiger charge is 2.15. The fourth-order valence-corrected chi connectivity index (χ4v) is 3.19. The Hall–Kier alpha value is -2.25. The summed E-state index contributed by atoms with van der Waals surface area (Å²) in [6.45, 7) is 8.94. The van der Waals surface area contributed by atoms with Crippen LogP contribution in [0.3, 0.4) is 0 Å². The number of nitrogens with zero attached hydrogens (tertiary/aromatic N) is 3. The third-order valence-electron chi connectivity index (χ3n) is 4.60. The van der Waals surface area contributed by atoms with Gasteiger partial charge in [-0.3, -0.25) is 19.8 Å². The lowest BCUT2D eigenvalue weighted by molar-refractivity contribution is 0.0377. The molecule has 1 saturated heterocycles. The van der Waals surface area contributed by atoms with E-state index in [9.17, 15) is 9.18 Å². The Labute approximate surface area is 152 Å². The Kier molecular flexibility index (Phi) is 6.00. The van der Waals surface area contributed by atoms with Crippen molar-refractivity contribution >= 4 is 5.71 Å². The zero-order valence-electron chi connectivity index (χ0n) is 15.3. The van der Waals surface area contributed by atoms with E-state index in [1.807, 2.05) is 13.8 Å². The quantitative estimate of drug-likeness (QED) is 0.634. The van der Waals surface area contributed by atoms with E-state index in [1.165, 1.54) is 16.8 Å². The molecular weight excluding hydrogens is 335 g/mol. The first-order valence-electron chi connectivity index (χ1n) is 8.95. The van der Waals surface area contributed by atoms with Crippen molar-refractivity contribution in [3.05, 3.63) is 51.7 Å². The van der Waals surface area contributed by atoms with Gasteiger partial charge in [-0.25, -0.2) is 9.07 Å². The summed E-state index contributed by atoms with van der Waals surface area (Å²) in [6.07, 6.45) is 0.951. The largest absolute Gasteiger partial charge is 0.379 e. The van der Waals surface area contributed by atoms with Crippen LogP contribution < -0.4 is 5.56 Å². The molecule has 0 spiro atoms. The Balaban J connectivity index is 1.67. The van der Waals surface area contributed by atoms with E-state index in [0.29, 0.717) is 17.8 Å². The monoisotopic (exact) mass is 360 g/mol. The van der Waals surface area contributed by atoms with E-state index in [2.05, 4.69) is 15.0 Å². The average molecular weight is 360 g/mol. The lowest BCUT2D eigenvalue weighted by atomic mass is 10.2. The van der Waals surface area contributed by atoms with Gasteiger partial charge in [0.1, 0.15) is 5.82 Å². The number of aromatic amines is 1. The molecule has 1 N–H and O–H groups in total. The van der Waals surface area contributed by atoms with Crippen LogP contribution in [0.4, 0.5) is 4.39 Å². The minimum absolute atomic E-state index is 0.163. The molecule has 1 fully saturated rings. The number of aromatic nitrogens is 2. The summed E-state index contributed by atoms with van der Waals surface area (Å²) in [5.74, 6) is -0.330. The average Bonchev–Trinajstić information content (AvgIpc) is 2.94. The summed E-state index contributed by atoms with van der Waals surface area (Å²) in [6, 6.07) is 5.82. The minimum atomic E-state index is -0.330. The van der Waals surface area contributed by atoms with Crippen molar-refractivity contribution in [2.24, 2.45) is 4.99 Å². The smallest absolute Gasteiger partial charge is 0.280 e. The first-order valence-corrected chi connectivity index (χ1v) is 8.95. The highest BCUT2D eigenvalue weighted by Crippen LogP contribution is 2.09. The highest BCUT2D eigenvalue weighted by molar-refractivity contribution is 5.99. The fraction of sp³-hybridized carbons (Fsp3) is 0.474. The molecule has 0 atom stereocenters. The van der Waals surface area contributed by atoms with Gasteiger partial charge >= 0.3 is 0 Å². The normalized spacial score (nSPS) is 16.2. The summed E-state index contributed by atoms with van der Waals surface area (Å²) in [5.41, 5.74) is 2.51. The first-order chi connectivity index (χ1) is 12.6. The molecule has 1 aliphatic rings. The molecule has 7 heteroatoms. The number of morpholine rings is 1. The predicted octanol–water partition coefficient (Wildman–Crippen LogP) is 2.14. The number of benzene rings is 1. The molecule has 1 aromatic heterocycles. The molecular formula is C19H25FN4O2. The Bertz CT molecular complexity index is 817. The van der Waals surface area contributed by atoms with Crippen molar-refractivity contribution in [2.75, 3.05) is 39.4 Å². The van der Waals surface area contributed by atoms with Gasteiger partial charge in [0, 0.05) is 37.6 Å². The minimum Gasteiger partial charge on any atom is -0.379 e. The summed E-state index contributed by atoms with van der Waals surface area (Å²) in [5, 5.41) is 3.05. The number of ether oxygens (including phenoxy) is 1. The molecule has 0 saturated carbocycles. The topological polar surface area (TPSA) is 62.6 Å². The van der Waals surface area contributed by atoms with Gasteiger partial charge in [0.25, 0.3) is 5.56 Å². The van der Waals surface area contributed by atoms with Crippen LogP contribution in [0.1, 0.15) is 24.6 Å². The molecule has 0 unspecified atom stereocenters. The Morgan fingerprint density at radius 2 is 1.96 bits per heavy atom. The van der Waals surface area contributed by atoms with Crippen molar-refractivity contribution in [1.82, 2.24) is 14.7 Å². The molecule has 6 nitrogen and oxygen atoms in total. The molecule has 0 aliphatic carbocycles. The number of hydrogen-bond donors (Lipinski definition) is 1. The van der Waals surface area contributed by atoms with Gasteiger partial charge in [-0.15, -0.1) is 0 Å². The van der Waals surface area contributed by atoms with Crippen LogP contribution in [0.15, 0.2) is 34.1 Å². The number of nitrogens with one attached hydrogen (secondary N) is 1. The molecule has 2 heterocycles. The lowest BCUT2D eigenvalue weighted by Gasteiger charge is -2.26. The summed E-state index contributed by atoms with van der Waals surface area (Å²) in [4.78, 5) is 19.7. The molecule has 140 valence electrons. The van der Waals surface area contributed by atoms with Gasteiger partial charge in [0.15, 0.2) is 0 Å². The van der Waals surface area contributed by atoms with Gasteiger partial charge in [-0.1, -0.05) is 0 Å². The van der Waals surface area contributed by atoms with Crippen LogP contribution >= 0.6 is 0 Å². The van der Waals surface area contributed by atoms with Crippen molar-refractivity contribution < 1.29 is 9.13 Å². The van der Waals surface area contributed by atoms with Crippen molar-refractivity contribution in [3.63, 3.8) is 0 Å². The van der Waals surface area contributed by atoms with E-state index < -0.39 is 0 Å². The zero-order valence-corrected chi connectivity index (χ0v) is 15.3. The molecule has 2 aromatic rings. The Morgan fingerprint density at radius 3 is 2.65 bits per heavy atom. The van der Waals surface area contributed by atoms with Gasteiger partial charge < -0.3 is 4.74 Å². The SMILES string of the molecule is CC(=NCCCN1CCOCC1)c1c(C)[nH]n(-c2ccc(F)cc2)c1=O. The standard InChI is InChI=1S/C19H25FN4O2/c1-14(21-8-3-9-23-10-12-26-13-11-23)18-15(2)22-24(19(18)25)17-6-4-16(20)5-7-17/h4-7,22H,3,8-13H2,1-2H3. The highest BCUT2D eigenvalue weighted by atomic mass is 19.1. The van der Waals surface area contributed by atoms with E-state index in [0.717, 1.165) is 50.7 Å². The molecule has 1 aromatic carbocycles. The molecule has 1 aliphatic heterocycles. The summed E-state index contributed by atoms with van der Waals surface area (Å²) < 4.78 is 19.9. The number of aliphatic imine (C=N–C) groups is 1. The summed E-state index contributed by atoms with van der Waals surface area (Å²) in [7, 11) is 0. The van der Waals surface area contributed by atoms with Crippen molar-refractivity contribution in [1.29, 1.82) is 0 Å². The van der Waals surface area contributed by atoms with Crippen LogP contribution in [0.2, 0.25) is 0 Å². The molecule has 3 rings (SSSR count). The van der Waals surface area contributed by atoms with Gasteiger partial charge in [0.2, 0.25) is 0 Å². The van der Waals surface area contributed by atoms with Crippen molar-refractivity contribution in [2.45, 2.75) is 20.3 Å². The molecule has 0 radical (unpaired) electrons. The maximum atomic E-state index is 13.1. The first kappa shape index (κ1) is 18.5. The van der Waals surface area contributed by atoms with Crippen LogP contribution in [0, 0.1) is 12.7 Å². The second-order valence-corrected chi connectivity index (χ2v) is 6.50. The fourth-order valence-electron chi connectivity index (χ4n) is 3.19. The predicted molar refractivity (Wildman–Crippen MR) is 100 cm³/mol. The molecule has 0 bridgehead atoms. The lowest BCUT2D eigenvalue weighted by Crippen LogP contribution is -2.37. The molecule has 26 heavy (non-hydrogen) atoms. The van der Waals surface area contributed by atoms with Gasteiger partial charge in [-0.2, -0.15) is 0 Å². The summed E-state index contributed by atoms with van der Waals surface area (Å²) >= 11 is 0.